The first-order valence-electron chi connectivity index (χ1n) is 5.72. The Morgan fingerprint density at radius 2 is 2.21 bits per heavy atom. The van der Waals surface area contributed by atoms with Gasteiger partial charge in [-0.15, -0.1) is 0 Å². The van der Waals surface area contributed by atoms with Gasteiger partial charge in [-0.3, -0.25) is 9.59 Å². The van der Waals surface area contributed by atoms with E-state index in [1.807, 2.05) is 0 Å². The van der Waals surface area contributed by atoms with E-state index in [4.69, 9.17) is 10.5 Å². The predicted molar refractivity (Wildman–Crippen MR) is 69.2 cm³/mol. The molecule has 1 rings (SSSR count). The minimum atomic E-state index is -0.635. The van der Waals surface area contributed by atoms with E-state index in [2.05, 4.69) is 5.32 Å². The van der Waals surface area contributed by atoms with Gasteiger partial charge in [-0.05, 0) is 12.1 Å². The average Bonchev–Trinajstić information content (AvgIpc) is 2.36. The molecule has 4 N–H and O–H groups in total. The standard InChI is InChI=1S/C13H17N2O4/c1-8(13(14)18)5-12(17)15-7-9-3-4-10(19-2)6-11(9)16/h3-6,8,16H,7H2,1-2H3,(H2,14,18)(H,15,17)/t8-/m0/s1. The number of carbonyl (C=O) groups excluding carboxylic acids is 2. The number of benzene rings is 1. The van der Waals surface area contributed by atoms with Crippen LogP contribution in [0.2, 0.25) is 0 Å². The summed E-state index contributed by atoms with van der Waals surface area (Å²) in [4.78, 5) is 22.3. The number of hydrogen-bond donors (Lipinski definition) is 3. The van der Waals surface area contributed by atoms with Gasteiger partial charge in [0.2, 0.25) is 11.8 Å². The number of carbonyl (C=O) groups is 2. The summed E-state index contributed by atoms with van der Waals surface area (Å²) in [6, 6.07) is 4.78. The molecule has 1 radical (unpaired) electrons. The lowest BCUT2D eigenvalue weighted by Gasteiger charge is -2.10. The Bertz CT molecular complexity index is 474. The van der Waals surface area contributed by atoms with E-state index in [9.17, 15) is 14.7 Å². The second-order valence-corrected chi connectivity index (χ2v) is 4.07. The zero-order chi connectivity index (χ0) is 14.4. The molecule has 0 heterocycles. The highest BCUT2D eigenvalue weighted by atomic mass is 16.5. The van der Waals surface area contributed by atoms with Crippen LogP contribution >= 0.6 is 0 Å². The first kappa shape index (κ1) is 14.8. The van der Waals surface area contributed by atoms with Crippen molar-refractivity contribution < 1.29 is 19.4 Å². The molecule has 1 aromatic carbocycles. The smallest absolute Gasteiger partial charge is 0.225 e. The summed E-state index contributed by atoms with van der Waals surface area (Å²) >= 11 is 0. The van der Waals surface area contributed by atoms with E-state index in [1.165, 1.54) is 26.5 Å². The molecule has 0 saturated heterocycles. The summed E-state index contributed by atoms with van der Waals surface area (Å²) in [5.41, 5.74) is 5.59. The Labute approximate surface area is 111 Å². The highest BCUT2D eigenvalue weighted by Crippen LogP contribution is 2.23. The van der Waals surface area contributed by atoms with Crippen LogP contribution in [0.5, 0.6) is 11.5 Å². The number of phenolic OH excluding ortho intramolecular Hbond substituents is 1. The lowest BCUT2D eigenvalue weighted by Crippen LogP contribution is -2.30. The number of hydrogen-bond acceptors (Lipinski definition) is 4. The minimum absolute atomic E-state index is 0.0302. The number of primary amides is 1. The number of aromatic hydroxyl groups is 1. The first-order valence-corrected chi connectivity index (χ1v) is 5.72. The predicted octanol–water partition coefficient (Wildman–Crippen LogP) is 0.343. The largest absolute Gasteiger partial charge is 0.507 e. The van der Waals surface area contributed by atoms with Gasteiger partial charge < -0.3 is 20.9 Å². The monoisotopic (exact) mass is 265 g/mol. The molecule has 1 aromatic rings. The van der Waals surface area contributed by atoms with Gasteiger partial charge in [0.1, 0.15) is 11.5 Å². The van der Waals surface area contributed by atoms with Gasteiger partial charge in [0.15, 0.2) is 0 Å². The van der Waals surface area contributed by atoms with Gasteiger partial charge in [0.05, 0.1) is 13.5 Å². The van der Waals surface area contributed by atoms with Crippen LogP contribution in [-0.2, 0) is 16.1 Å². The van der Waals surface area contributed by atoms with Crippen LogP contribution in [0.1, 0.15) is 12.5 Å². The number of methoxy groups -OCH3 is 1. The zero-order valence-corrected chi connectivity index (χ0v) is 10.8. The molecule has 0 bridgehead atoms. The topological polar surface area (TPSA) is 102 Å². The molecular formula is C13H17N2O4. The van der Waals surface area contributed by atoms with Gasteiger partial charge in [-0.25, -0.2) is 0 Å². The summed E-state index contributed by atoms with van der Waals surface area (Å²) < 4.78 is 4.95. The number of phenols is 1. The number of nitrogens with two attached hydrogens (primary N) is 1. The molecule has 6 heteroatoms. The van der Waals surface area contributed by atoms with Crippen molar-refractivity contribution in [2.45, 2.75) is 13.5 Å². The van der Waals surface area contributed by atoms with Crippen molar-refractivity contribution in [2.75, 3.05) is 7.11 Å². The van der Waals surface area contributed by atoms with Crippen LogP contribution in [-0.4, -0.2) is 24.0 Å². The summed E-state index contributed by atoms with van der Waals surface area (Å²) in [6.07, 6.45) is 1.20. The fourth-order valence-electron chi connectivity index (χ4n) is 1.37. The summed E-state index contributed by atoms with van der Waals surface area (Å²) in [5, 5.41) is 12.2. The highest BCUT2D eigenvalue weighted by Gasteiger charge is 2.14. The van der Waals surface area contributed by atoms with E-state index in [0.29, 0.717) is 11.3 Å². The molecule has 1 atom stereocenters. The first-order chi connectivity index (χ1) is 8.93. The quantitative estimate of drug-likeness (QED) is 0.690. The molecule has 0 aliphatic rings. The Morgan fingerprint density at radius 3 is 2.74 bits per heavy atom. The molecular weight excluding hydrogens is 248 g/mol. The summed E-state index contributed by atoms with van der Waals surface area (Å²) in [7, 11) is 1.50. The van der Waals surface area contributed by atoms with Crippen LogP contribution in [0.4, 0.5) is 0 Å². The second kappa shape index (κ2) is 6.63. The summed E-state index contributed by atoms with van der Waals surface area (Å²) in [6.45, 7) is 1.68. The average molecular weight is 265 g/mol. The maximum absolute atomic E-state index is 11.5. The molecule has 0 aliphatic carbocycles. The second-order valence-electron chi connectivity index (χ2n) is 4.07. The molecule has 6 nitrogen and oxygen atoms in total. The Balaban J connectivity index is 2.53. The van der Waals surface area contributed by atoms with Crippen LogP contribution in [0.3, 0.4) is 0 Å². The van der Waals surface area contributed by atoms with Crippen molar-refractivity contribution in [3.8, 4) is 11.5 Å². The summed E-state index contributed by atoms with van der Waals surface area (Å²) in [5.74, 6) is -1.06. The molecule has 0 fully saturated rings. The number of amides is 2. The third kappa shape index (κ3) is 4.50. The maximum Gasteiger partial charge on any atom is 0.225 e. The third-order valence-electron chi connectivity index (χ3n) is 2.60. The SMILES string of the molecule is COc1ccc(CNC(=O)[CH][C@H](C)C(N)=O)c(O)c1. The Morgan fingerprint density at radius 1 is 1.53 bits per heavy atom. The van der Waals surface area contributed by atoms with Crippen molar-refractivity contribution in [1.82, 2.24) is 5.32 Å². The zero-order valence-electron chi connectivity index (χ0n) is 10.8. The molecule has 2 amide bonds. The van der Waals surface area contributed by atoms with Gasteiger partial charge in [-0.2, -0.15) is 0 Å². The van der Waals surface area contributed by atoms with E-state index < -0.39 is 17.7 Å². The molecule has 0 spiro atoms. The minimum Gasteiger partial charge on any atom is -0.507 e. The van der Waals surface area contributed by atoms with E-state index in [-0.39, 0.29) is 12.3 Å². The molecule has 0 saturated carbocycles. The number of nitrogens with one attached hydrogen (secondary N) is 1. The third-order valence-corrected chi connectivity index (χ3v) is 2.60. The van der Waals surface area contributed by atoms with Gasteiger partial charge in [0, 0.05) is 24.1 Å². The molecule has 19 heavy (non-hydrogen) atoms. The Kier molecular flexibility index (Phi) is 5.17. The molecule has 0 aromatic heterocycles. The molecule has 0 aliphatic heterocycles. The van der Waals surface area contributed by atoms with E-state index in [0.717, 1.165) is 0 Å². The molecule has 103 valence electrons. The fraction of sp³-hybridized carbons (Fsp3) is 0.308. The van der Waals surface area contributed by atoms with Gasteiger partial charge in [-0.1, -0.05) is 6.92 Å². The van der Waals surface area contributed by atoms with Gasteiger partial charge in [0.25, 0.3) is 0 Å². The maximum atomic E-state index is 11.5. The number of ether oxygens (including phenoxy) is 1. The van der Waals surface area contributed by atoms with Crippen LogP contribution in [0, 0.1) is 12.3 Å². The van der Waals surface area contributed by atoms with Crippen LogP contribution < -0.4 is 15.8 Å². The number of rotatable bonds is 6. The van der Waals surface area contributed by atoms with Crippen molar-refractivity contribution in [1.29, 1.82) is 0 Å². The van der Waals surface area contributed by atoms with Crippen molar-refractivity contribution >= 4 is 11.8 Å². The van der Waals surface area contributed by atoms with Crippen LogP contribution in [0.15, 0.2) is 18.2 Å². The van der Waals surface area contributed by atoms with Crippen molar-refractivity contribution in [3.05, 3.63) is 30.2 Å². The highest BCUT2D eigenvalue weighted by molar-refractivity contribution is 5.91. The van der Waals surface area contributed by atoms with Crippen molar-refractivity contribution in [3.63, 3.8) is 0 Å². The normalized spacial score (nSPS) is 11.7. The van der Waals surface area contributed by atoms with E-state index >= 15 is 0 Å². The lowest BCUT2D eigenvalue weighted by atomic mass is 10.1. The lowest BCUT2D eigenvalue weighted by molar-refractivity contribution is -0.124. The van der Waals surface area contributed by atoms with Gasteiger partial charge >= 0.3 is 0 Å². The molecule has 0 unspecified atom stereocenters. The fourth-order valence-corrected chi connectivity index (χ4v) is 1.37. The van der Waals surface area contributed by atoms with Crippen LogP contribution in [0.25, 0.3) is 0 Å². The van der Waals surface area contributed by atoms with Crippen molar-refractivity contribution in [2.24, 2.45) is 11.7 Å². The Hall–Kier alpha value is -2.24. The van der Waals surface area contributed by atoms with E-state index in [1.54, 1.807) is 12.1 Å².